The van der Waals surface area contributed by atoms with Crippen LogP contribution >= 0.6 is 0 Å². The second-order valence-corrected chi connectivity index (χ2v) is 11.0. The van der Waals surface area contributed by atoms with Gasteiger partial charge in [0, 0.05) is 19.7 Å². The normalized spacial score (nSPS) is 22.9. The molecular weight excluding hydrogens is 472 g/mol. The third kappa shape index (κ3) is 5.05. The van der Waals surface area contributed by atoms with Gasteiger partial charge in [-0.25, -0.2) is 9.78 Å². The van der Waals surface area contributed by atoms with Crippen molar-refractivity contribution in [3.05, 3.63) is 41.8 Å². The lowest BCUT2D eigenvalue weighted by Gasteiger charge is -2.36. The Morgan fingerprint density at radius 2 is 2.22 bits per heavy atom. The van der Waals surface area contributed by atoms with Crippen molar-refractivity contribution in [1.29, 1.82) is 5.26 Å². The summed E-state index contributed by atoms with van der Waals surface area (Å²) in [6.45, 7) is 10.1. The van der Waals surface area contributed by atoms with Crippen molar-refractivity contribution in [2.24, 2.45) is 5.92 Å². The maximum atomic E-state index is 13.0. The maximum absolute atomic E-state index is 13.0. The molecule has 5 rings (SSSR count). The summed E-state index contributed by atoms with van der Waals surface area (Å²) in [6, 6.07) is 7.77. The van der Waals surface area contributed by atoms with Crippen molar-refractivity contribution in [1.82, 2.24) is 24.6 Å². The minimum Gasteiger partial charge on any atom is -0.441 e. The smallest absolute Gasteiger partial charge is 0.410 e. The number of carbonyl (C=O) groups is 1. The molecule has 3 atom stereocenters. The van der Waals surface area contributed by atoms with Gasteiger partial charge in [0.05, 0.1) is 41.0 Å². The van der Waals surface area contributed by atoms with Crippen LogP contribution in [0.15, 0.2) is 29.0 Å². The van der Waals surface area contributed by atoms with Crippen molar-refractivity contribution >= 4 is 17.1 Å². The predicted octanol–water partition coefficient (Wildman–Crippen LogP) is 4.75. The van der Waals surface area contributed by atoms with Crippen molar-refractivity contribution < 1.29 is 18.8 Å². The Morgan fingerprint density at radius 1 is 1.38 bits per heavy atom. The van der Waals surface area contributed by atoms with Gasteiger partial charge in [-0.2, -0.15) is 10.2 Å². The molecule has 196 valence electrons. The van der Waals surface area contributed by atoms with E-state index >= 15 is 0 Å². The second kappa shape index (κ2) is 9.78. The zero-order chi connectivity index (χ0) is 26.2. The zero-order valence-corrected chi connectivity index (χ0v) is 21.9. The van der Waals surface area contributed by atoms with E-state index in [1.54, 1.807) is 11.0 Å². The fourth-order valence-corrected chi connectivity index (χ4v) is 5.74. The first kappa shape index (κ1) is 25.2. The quantitative estimate of drug-likeness (QED) is 0.429. The van der Waals surface area contributed by atoms with Gasteiger partial charge in [-0.05, 0) is 77.5 Å². The van der Waals surface area contributed by atoms with E-state index in [-0.39, 0.29) is 12.2 Å². The van der Waals surface area contributed by atoms with E-state index in [1.165, 1.54) is 0 Å². The number of rotatable bonds is 8. The third-order valence-corrected chi connectivity index (χ3v) is 7.54. The molecule has 2 fully saturated rings. The summed E-state index contributed by atoms with van der Waals surface area (Å²) < 4.78 is 19.3. The first-order chi connectivity index (χ1) is 17.7. The van der Waals surface area contributed by atoms with E-state index in [9.17, 15) is 10.1 Å². The van der Waals surface area contributed by atoms with Crippen LogP contribution in [0.2, 0.25) is 0 Å². The first-order valence-corrected chi connectivity index (χ1v) is 13.0. The predicted molar refractivity (Wildman–Crippen MR) is 135 cm³/mol. The van der Waals surface area contributed by atoms with Gasteiger partial charge in [0.2, 0.25) is 5.89 Å². The molecule has 1 unspecified atom stereocenters. The summed E-state index contributed by atoms with van der Waals surface area (Å²) in [7, 11) is 0. The lowest BCUT2D eigenvalue weighted by atomic mass is 9.77. The average Bonchev–Trinajstić information content (AvgIpc) is 3.58. The summed E-state index contributed by atoms with van der Waals surface area (Å²) in [4.78, 5) is 23.8. The van der Waals surface area contributed by atoms with Gasteiger partial charge in [-0.15, -0.1) is 0 Å². The fraction of sp³-hybridized carbons (Fsp3) is 0.593. The van der Waals surface area contributed by atoms with Gasteiger partial charge in [-0.3, -0.25) is 0 Å². The standard InChI is InChI=1S/C27H34N6O4/c1-5-35-18(2)23-30-24(37-31-23)26(3,4)15-33-16-27(36-25(33)34)10-6-7-20(12-27)14-32-17-29-21-9-8-19(13-28)11-22(21)32/h8-9,11,17-18,20H,5-7,10,12,14-16H2,1-4H3/t18?,20-,27-/m0/s1. The number of carbonyl (C=O) groups excluding carboxylic acids is 1. The van der Waals surface area contributed by atoms with E-state index in [2.05, 4.69) is 25.8 Å². The molecule has 0 bridgehead atoms. The molecule has 37 heavy (non-hydrogen) atoms. The second-order valence-electron chi connectivity index (χ2n) is 11.0. The molecular formula is C27H34N6O4. The summed E-state index contributed by atoms with van der Waals surface area (Å²) >= 11 is 0. The number of hydrogen-bond acceptors (Lipinski definition) is 8. The molecule has 2 aromatic heterocycles. The first-order valence-electron chi connectivity index (χ1n) is 13.0. The van der Waals surface area contributed by atoms with Crippen LogP contribution in [0.4, 0.5) is 4.79 Å². The number of hydrogen-bond donors (Lipinski definition) is 0. The van der Waals surface area contributed by atoms with E-state index < -0.39 is 11.0 Å². The summed E-state index contributed by atoms with van der Waals surface area (Å²) in [6.07, 6.45) is 5.00. The van der Waals surface area contributed by atoms with E-state index in [0.717, 1.165) is 43.3 Å². The summed E-state index contributed by atoms with van der Waals surface area (Å²) in [5.74, 6) is 1.33. The number of fused-ring (bicyclic) bond motifs is 1. The Kier molecular flexibility index (Phi) is 6.67. The zero-order valence-electron chi connectivity index (χ0n) is 21.9. The van der Waals surface area contributed by atoms with E-state index in [1.807, 2.05) is 46.2 Å². The van der Waals surface area contributed by atoms with Crippen LogP contribution < -0.4 is 0 Å². The minimum absolute atomic E-state index is 0.253. The Hall–Kier alpha value is -3.45. The van der Waals surface area contributed by atoms with Crippen molar-refractivity contribution in [3.8, 4) is 6.07 Å². The Bertz CT molecular complexity index is 1320. The largest absolute Gasteiger partial charge is 0.441 e. The lowest BCUT2D eigenvalue weighted by molar-refractivity contribution is 0.00413. The number of benzene rings is 1. The molecule has 1 saturated carbocycles. The summed E-state index contributed by atoms with van der Waals surface area (Å²) in [5, 5.41) is 13.4. The molecule has 1 spiro atoms. The van der Waals surface area contributed by atoms with Crippen LogP contribution in [0.1, 0.15) is 76.8 Å². The third-order valence-electron chi connectivity index (χ3n) is 7.54. The molecule has 1 aromatic carbocycles. The van der Waals surface area contributed by atoms with Crippen LogP contribution in [-0.2, 0) is 21.4 Å². The van der Waals surface area contributed by atoms with Crippen LogP contribution in [0.5, 0.6) is 0 Å². The van der Waals surface area contributed by atoms with Crippen molar-refractivity contribution in [2.75, 3.05) is 19.7 Å². The molecule has 2 aliphatic rings. The number of imidazole rings is 1. The molecule has 3 aromatic rings. The Balaban J connectivity index is 1.26. The highest BCUT2D eigenvalue weighted by Gasteiger charge is 2.49. The lowest BCUT2D eigenvalue weighted by Crippen LogP contribution is -2.43. The molecule has 10 heteroatoms. The number of ether oxygens (including phenoxy) is 2. The number of aromatic nitrogens is 4. The van der Waals surface area contributed by atoms with Gasteiger partial charge in [0.1, 0.15) is 11.7 Å². The molecule has 1 saturated heterocycles. The fourth-order valence-electron chi connectivity index (χ4n) is 5.74. The average molecular weight is 507 g/mol. The highest BCUT2D eigenvalue weighted by atomic mass is 16.6. The van der Waals surface area contributed by atoms with Crippen LogP contribution in [-0.4, -0.2) is 56.0 Å². The molecule has 1 aliphatic heterocycles. The number of amides is 1. The van der Waals surface area contributed by atoms with Crippen molar-refractivity contribution in [2.45, 2.75) is 77.0 Å². The molecule has 0 radical (unpaired) electrons. The van der Waals surface area contributed by atoms with Gasteiger partial charge in [-0.1, -0.05) is 5.16 Å². The van der Waals surface area contributed by atoms with E-state index in [0.29, 0.717) is 42.9 Å². The van der Waals surface area contributed by atoms with E-state index in [4.69, 9.17) is 14.0 Å². The maximum Gasteiger partial charge on any atom is 0.410 e. The van der Waals surface area contributed by atoms with Crippen molar-refractivity contribution in [3.63, 3.8) is 0 Å². The molecule has 10 nitrogen and oxygen atoms in total. The van der Waals surface area contributed by atoms with Crippen LogP contribution in [0, 0.1) is 17.2 Å². The SMILES string of the molecule is CCOC(C)c1noc(C(C)(C)CN2C[C@@]3(CCC[C@H](Cn4cnc5ccc(C#N)cc54)C3)OC2=O)n1. The highest BCUT2D eigenvalue weighted by Crippen LogP contribution is 2.41. The van der Waals surface area contributed by atoms with Crippen LogP contribution in [0.3, 0.4) is 0 Å². The Labute approximate surface area is 216 Å². The van der Waals surface area contributed by atoms with Gasteiger partial charge in [0.15, 0.2) is 5.82 Å². The number of nitrogens with zero attached hydrogens (tertiary/aromatic N) is 6. The number of nitriles is 1. The molecule has 0 N–H and O–H groups in total. The monoisotopic (exact) mass is 506 g/mol. The van der Waals surface area contributed by atoms with Crippen LogP contribution in [0.25, 0.3) is 11.0 Å². The topological polar surface area (TPSA) is 119 Å². The highest BCUT2D eigenvalue weighted by molar-refractivity contribution is 5.77. The minimum atomic E-state index is -0.538. The molecule has 1 aliphatic carbocycles. The molecule has 3 heterocycles. The van der Waals surface area contributed by atoms with Gasteiger partial charge in [0.25, 0.3) is 0 Å². The van der Waals surface area contributed by atoms with Gasteiger partial charge < -0.3 is 23.5 Å². The summed E-state index contributed by atoms with van der Waals surface area (Å²) in [5.41, 5.74) is 1.43. The Morgan fingerprint density at radius 3 is 3.00 bits per heavy atom. The van der Waals surface area contributed by atoms with Gasteiger partial charge >= 0.3 is 6.09 Å². The molecule has 1 amide bonds.